The molecule has 2 aliphatic rings. The summed E-state index contributed by atoms with van der Waals surface area (Å²) in [6.45, 7) is 7.50. The molecule has 0 fully saturated rings. The van der Waals surface area contributed by atoms with Gasteiger partial charge in [0.25, 0.3) is 0 Å². The highest BCUT2D eigenvalue weighted by atomic mass is 15.5. The molecule has 3 heteroatoms. The van der Waals surface area contributed by atoms with Crippen molar-refractivity contribution in [3.05, 3.63) is 71.8 Å². The van der Waals surface area contributed by atoms with Crippen LogP contribution >= 0.6 is 0 Å². The maximum absolute atomic E-state index is 4.81. The summed E-state index contributed by atoms with van der Waals surface area (Å²) in [6, 6.07) is 16.9. The molecule has 0 atom stereocenters. The van der Waals surface area contributed by atoms with Crippen LogP contribution in [-0.4, -0.2) is 18.0 Å². The summed E-state index contributed by atoms with van der Waals surface area (Å²) in [4.78, 5) is 4.81. The summed E-state index contributed by atoms with van der Waals surface area (Å²) in [6.07, 6.45) is 5.23. The number of anilines is 1. The monoisotopic (exact) mass is 329 g/mol. The summed E-state index contributed by atoms with van der Waals surface area (Å²) in [7, 11) is 0. The molecular formula is C22H23N3. The number of aliphatic imine (C=N–C) groups is 1. The van der Waals surface area contributed by atoms with Crippen LogP contribution in [0.4, 0.5) is 11.4 Å². The lowest BCUT2D eigenvalue weighted by Gasteiger charge is -2.20. The van der Waals surface area contributed by atoms with Crippen molar-refractivity contribution in [2.24, 2.45) is 10.1 Å². The van der Waals surface area contributed by atoms with Gasteiger partial charge < -0.3 is 0 Å². The first kappa shape index (κ1) is 15.8. The van der Waals surface area contributed by atoms with Gasteiger partial charge >= 0.3 is 0 Å². The summed E-state index contributed by atoms with van der Waals surface area (Å²) >= 11 is 0. The van der Waals surface area contributed by atoms with Gasteiger partial charge in [0.15, 0.2) is 0 Å². The van der Waals surface area contributed by atoms with Crippen molar-refractivity contribution < 1.29 is 0 Å². The van der Waals surface area contributed by atoms with Crippen molar-refractivity contribution in [2.45, 2.75) is 32.6 Å². The highest BCUT2D eigenvalue weighted by molar-refractivity contribution is 6.12. The van der Waals surface area contributed by atoms with Crippen molar-refractivity contribution in [3.8, 4) is 0 Å². The molecule has 2 aromatic carbocycles. The Morgan fingerprint density at radius 2 is 1.76 bits per heavy atom. The second kappa shape index (κ2) is 5.99. The van der Waals surface area contributed by atoms with E-state index in [1.807, 2.05) is 6.07 Å². The van der Waals surface area contributed by atoms with E-state index in [0.29, 0.717) is 0 Å². The Morgan fingerprint density at radius 3 is 2.52 bits per heavy atom. The van der Waals surface area contributed by atoms with E-state index in [1.165, 1.54) is 11.1 Å². The number of allylic oxidation sites excluding steroid dienone is 2. The van der Waals surface area contributed by atoms with E-state index in [0.717, 1.165) is 35.8 Å². The van der Waals surface area contributed by atoms with Crippen LogP contribution in [0.3, 0.4) is 0 Å². The van der Waals surface area contributed by atoms with Gasteiger partial charge in [0.1, 0.15) is 0 Å². The Bertz CT molecular complexity index is 886. The molecular weight excluding hydrogens is 306 g/mol. The molecule has 2 heterocycles. The zero-order chi connectivity index (χ0) is 17.4. The minimum atomic E-state index is -0.0527. The highest BCUT2D eigenvalue weighted by Gasteiger charge is 2.33. The van der Waals surface area contributed by atoms with Crippen LogP contribution in [-0.2, 0) is 5.41 Å². The van der Waals surface area contributed by atoms with Gasteiger partial charge in [-0.3, -0.25) is 10.0 Å². The Hall–Kier alpha value is -2.68. The van der Waals surface area contributed by atoms with E-state index < -0.39 is 0 Å². The van der Waals surface area contributed by atoms with Crippen LogP contribution in [0.1, 0.15) is 31.4 Å². The SMILES string of the molecule is Cc1ccc(N2CCC(/C=C/C3=Nc4ccccc4C3(C)C)=N2)cc1. The first-order chi connectivity index (χ1) is 12.0. The molecule has 0 aromatic heterocycles. The predicted molar refractivity (Wildman–Crippen MR) is 106 cm³/mol. The molecule has 0 aliphatic carbocycles. The second-order valence-electron chi connectivity index (χ2n) is 7.27. The van der Waals surface area contributed by atoms with E-state index >= 15 is 0 Å². The van der Waals surface area contributed by atoms with Crippen LogP contribution in [0.25, 0.3) is 0 Å². The van der Waals surface area contributed by atoms with Crippen LogP contribution in [0.15, 0.2) is 70.8 Å². The molecule has 0 amide bonds. The number of hydrazone groups is 1. The number of nitrogens with zero attached hydrogens (tertiary/aromatic N) is 3. The van der Waals surface area contributed by atoms with E-state index in [2.05, 4.69) is 80.4 Å². The van der Waals surface area contributed by atoms with Crippen LogP contribution < -0.4 is 5.01 Å². The molecule has 0 spiro atoms. The number of aryl methyl sites for hydroxylation is 1. The van der Waals surface area contributed by atoms with Crippen molar-refractivity contribution >= 4 is 22.8 Å². The summed E-state index contributed by atoms with van der Waals surface area (Å²) < 4.78 is 0. The normalized spacial score (nSPS) is 18.4. The minimum Gasteiger partial charge on any atom is -0.265 e. The van der Waals surface area contributed by atoms with Gasteiger partial charge in [-0.25, -0.2) is 0 Å². The van der Waals surface area contributed by atoms with Gasteiger partial charge in [0, 0.05) is 18.4 Å². The number of rotatable bonds is 3. The molecule has 4 rings (SSSR count). The third kappa shape index (κ3) is 2.91. The molecule has 0 unspecified atom stereocenters. The molecule has 0 N–H and O–H groups in total. The van der Waals surface area contributed by atoms with Gasteiger partial charge in [-0.05, 0) is 42.8 Å². The van der Waals surface area contributed by atoms with Gasteiger partial charge in [-0.1, -0.05) is 49.7 Å². The topological polar surface area (TPSA) is 28.0 Å². The third-order valence-electron chi connectivity index (χ3n) is 5.05. The molecule has 0 radical (unpaired) electrons. The zero-order valence-corrected chi connectivity index (χ0v) is 15.0. The standard InChI is InChI=1S/C22H23N3/c1-16-8-11-18(12-9-16)25-15-14-17(24-25)10-13-21-22(2,3)19-6-4-5-7-20(19)23-21/h4-13H,14-15H2,1-3H3/b13-10+. The third-order valence-corrected chi connectivity index (χ3v) is 5.05. The summed E-state index contributed by atoms with van der Waals surface area (Å²) in [5, 5.41) is 6.83. The molecule has 25 heavy (non-hydrogen) atoms. The fourth-order valence-corrected chi connectivity index (χ4v) is 3.42. The van der Waals surface area contributed by atoms with Gasteiger partial charge in [-0.2, -0.15) is 5.10 Å². The largest absolute Gasteiger partial charge is 0.265 e. The first-order valence-electron chi connectivity index (χ1n) is 8.82. The number of para-hydroxylation sites is 1. The lowest BCUT2D eigenvalue weighted by atomic mass is 9.81. The predicted octanol–water partition coefficient (Wildman–Crippen LogP) is 5.18. The Balaban J connectivity index is 1.53. The number of hydrogen-bond acceptors (Lipinski definition) is 3. The first-order valence-corrected chi connectivity index (χ1v) is 8.82. The quantitative estimate of drug-likeness (QED) is 0.762. The van der Waals surface area contributed by atoms with Crippen LogP contribution in [0.2, 0.25) is 0 Å². The average molecular weight is 329 g/mol. The number of hydrogen-bond donors (Lipinski definition) is 0. The van der Waals surface area contributed by atoms with Crippen molar-refractivity contribution in [3.63, 3.8) is 0 Å². The summed E-state index contributed by atoms with van der Waals surface area (Å²) in [5.41, 5.74) is 6.96. The Labute approximate surface area is 149 Å². The zero-order valence-electron chi connectivity index (χ0n) is 15.0. The smallest absolute Gasteiger partial charge is 0.0674 e. The van der Waals surface area contributed by atoms with Crippen molar-refractivity contribution in [1.29, 1.82) is 0 Å². The van der Waals surface area contributed by atoms with E-state index in [1.54, 1.807) is 0 Å². The van der Waals surface area contributed by atoms with Crippen molar-refractivity contribution in [1.82, 2.24) is 0 Å². The van der Waals surface area contributed by atoms with E-state index in [9.17, 15) is 0 Å². The Kier molecular flexibility index (Phi) is 3.79. The van der Waals surface area contributed by atoms with Crippen molar-refractivity contribution in [2.75, 3.05) is 11.6 Å². The molecule has 126 valence electrons. The molecule has 3 nitrogen and oxygen atoms in total. The lowest BCUT2D eigenvalue weighted by molar-refractivity contribution is 0.740. The molecule has 0 saturated heterocycles. The molecule has 0 bridgehead atoms. The van der Waals surface area contributed by atoms with E-state index in [4.69, 9.17) is 10.1 Å². The maximum Gasteiger partial charge on any atom is 0.0674 e. The molecule has 2 aliphatic heterocycles. The minimum absolute atomic E-state index is 0.0527. The second-order valence-corrected chi connectivity index (χ2v) is 7.27. The van der Waals surface area contributed by atoms with Gasteiger partial charge in [-0.15, -0.1) is 0 Å². The van der Waals surface area contributed by atoms with Crippen LogP contribution in [0.5, 0.6) is 0 Å². The molecule has 0 saturated carbocycles. The van der Waals surface area contributed by atoms with Crippen LogP contribution in [0, 0.1) is 6.92 Å². The average Bonchev–Trinajstić information content (AvgIpc) is 3.17. The maximum atomic E-state index is 4.81. The number of fused-ring (bicyclic) bond motifs is 1. The fraction of sp³-hybridized carbons (Fsp3) is 0.273. The molecule has 2 aromatic rings. The Morgan fingerprint density at radius 1 is 1.00 bits per heavy atom. The highest BCUT2D eigenvalue weighted by Crippen LogP contribution is 2.40. The fourth-order valence-electron chi connectivity index (χ4n) is 3.42. The van der Waals surface area contributed by atoms with Gasteiger partial charge in [0.2, 0.25) is 0 Å². The van der Waals surface area contributed by atoms with E-state index in [-0.39, 0.29) is 5.41 Å². The van der Waals surface area contributed by atoms with Gasteiger partial charge in [0.05, 0.1) is 22.8 Å². The lowest BCUT2D eigenvalue weighted by Crippen LogP contribution is -2.23. The summed E-state index contributed by atoms with van der Waals surface area (Å²) in [5.74, 6) is 0. The number of benzene rings is 2.